The highest BCUT2D eigenvalue weighted by molar-refractivity contribution is 7.99. The molecule has 120 valence electrons. The van der Waals surface area contributed by atoms with E-state index in [1.807, 2.05) is 12.1 Å². The number of hydrogen-bond acceptors (Lipinski definition) is 5. The van der Waals surface area contributed by atoms with Gasteiger partial charge in [0.15, 0.2) is 5.16 Å². The third-order valence-electron chi connectivity index (χ3n) is 2.83. The monoisotopic (exact) mass is 343 g/mol. The number of thioether (sulfide) groups is 1. The van der Waals surface area contributed by atoms with Crippen molar-refractivity contribution in [2.24, 2.45) is 0 Å². The summed E-state index contributed by atoms with van der Waals surface area (Å²) in [7, 11) is 1.64. The number of nitrogens with zero attached hydrogens (tertiary/aromatic N) is 2. The first-order valence-electron chi connectivity index (χ1n) is 6.86. The molecule has 0 unspecified atom stereocenters. The molecule has 0 saturated carbocycles. The number of rotatable bonds is 9. The molecule has 0 saturated heterocycles. The van der Waals surface area contributed by atoms with Gasteiger partial charge in [-0.25, -0.2) is 9.89 Å². The van der Waals surface area contributed by atoms with Gasteiger partial charge < -0.3 is 9.47 Å². The van der Waals surface area contributed by atoms with E-state index in [0.29, 0.717) is 35.7 Å². The van der Waals surface area contributed by atoms with Gasteiger partial charge in [0.25, 0.3) is 0 Å². The van der Waals surface area contributed by atoms with E-state index >= 15 is 0 Å². The molecule has 0 spiro atoms. The summed E-state index contributed by atoms with van der Waals surface area (Å²) in [5, 5.41) is 7.80. The number of ether oxygens (including phenoxy) is 2. The predicted molar refractivity (Wildman–Crippen MR) is 87.0 cm³/mol. The van der Waals surface area contributed by atoms with Crippen molar-refractivity contribution >= 4 is 23.4 Å². The molecule has 0 fully saturated rings. The molecule has 0 radical (unpaired) electrons. The van der Waals surface area contributed by atoms with Crippen LogP contribution in [0.3, 0.4) is 0 Å². The zero-order chi connectivity index (χ0) is 15.8. The third kappa shape index (κ3) is 5.08. The fourth-order valence-electron chi connectivity index (χ4n) is 1.83. The number of H-pyrrole nitrogens is 1. The molecule has 0 aliphatic carbocycles. The fraction of sp³-hybridized carbons (Fsp3) is 0.429. The first-order valence-corrected chi connectivity index (χ1v) is 8.22. The Labute approximate surface area is 137 Å². The summed E-state index contributed by atoms with van der Waals surface area (Å²) in [5.41, 5.74) is -0.200. The lowest BCUT2D eigenvalue weighted by molar-refractivity contribution is 0.189. The van der Waals surface area contributed by atoms with Crippen LogP contribution in [0.25, 0.3) is 0 Å². The minimum Gasteiger partial charge on any atom is -0.493 e. The fourth-order valence-corrected chi connectivity index (χ4v) is 2.80. The summed E-state index contributed by atoms with van der Waals surface area (Å²) in [5.74, 6) is 1.41. The Balaban J connectivity index is 1.80. The minimum atomic E-state index is -0.200. The summed E-state index contributed by atoms with van der Waals surface area (Å²) in [6.45, 7) is 1.70. The van der Waals surface area contributed by atoms with Crippen LogP contribution in [0, 0.1) is 0 Å². The second-order valence-corrected chi connectivity index (χ2v) is 5.96. The average Bonchev–Trinajstić information content (AvgIpc) is 2.85. The van der Waals surface area contributed by atoms with Gasteiger partial charge in [-0.2, -0.15) is 0 Å². The van der Waals surface area contributed by atoms with Crippen LogP contribution >= 0.6 is 23.4 Å². The normalized spacial score (nSPS) is 10.8. The van der Waals surface area contributed by atoms with E-state index in [2.05, 4.69) is 10.2 Å². The van der Waals surface area contributed by atoms with Crippen LogP contribution in [0.2, 0.25) is 5.02 Å². The molecule has 22 heavy (non-hydrogen) atoms. The number of hydrogen-bond donors (Lipinski definition) is 1. The number of aromatic amines is 1. The topological polar surface area (TPSA) is 69.1 Å². The first kappa shape index (κ1) is 16.9. The van der Waals surface area contributed by atoms with Crippen molar-refractivity contribution < 1.29 is 9.47 Å². The molecule has 1 aromatic carbocycles. The SMILES string of the molecule is COCCCn1c(SCCOc2cccc(Cl)c2)n[nH]c1=O. The van der Waals surface area contributed by atoms with Crippen molar-refractivity contribution in [3.63, 3.8) is 0 Å². The number of methoxy groups -OCH3 is 1. The van der Waals surface area contributed by atoms with Crippen LogP contribution < -0.4 is 10.4 Å². The molecule has 1 aromatic heterocycles. The highest BCUT2D eigenvalue weighted by atomic mass is 35.5. The number of nitrogens with one attached hydrogen (secondary N) is 1. The number of halogens is 1. The van der Waals surface area contributed by atoms with Gasteiger partial charge in [0, 0.05) is 31.0 Å². The van der Waals surface area contributed by atoms with E-state index in [9.17, 15) is 4.79 Å². The first-order chi connectivity index (χ1) is 10.7. The predicted octanol–water partition coefficient (Wildman–Crippen LogP) is 2.43. The van der Waals surface area contributed by atoms with E-state index in [4.69, 9.17) is 21.1 Å². The minimum absolute atomic E-state index is 0.200. The van der Waals surface area contributed by atoms with Gasteiger partial charge in [0.05, 0.1) is 6.61 Å². The van der Waals surface area contributed by atoms with Gasteiger partial charge in [0.2, 0.25) is 0 Å². The van der Waals surface area contributed by atoms with Gasteiger partial charge in [-0.3, -0.25) is 4.57 Å². The molecule has 0 aliphatic heterocycles. The van der Waals surface area contributed by atoms with Crippen LogP contribution in [0.1, 0.15) is 6.42 Å². The second kappa shape index (κ2) is 8.87. The molecular weight excluding hydrogens is 326 g/mol. The Morgan fingerprint density at radius 1 is 1.41 bits per heavy atom. The number of aromatic nitrogens is 3. The molecule has 0 amide bonds. The van der Waals surface area contributed by atoms with Crippen molar-refractivity contribution in [3.05, 3.63) is 39.8 Å². The lowest BCUT2D eigenvalue weighted by Crippen LogP contribution is -2.18. The van der Waals surface area contributed by atoms with Crippen LogP contribution in [0.5, 0.6) is 5.75 Å². The standard InChI is InChI=1S/C14H18ClN3O3S/c1-20-7-3-6-18-13(19)16-17-14(18)22-9-8-21-12-5-2-4-11(15)10-12/h2,4-5,10H,3,6-9H2,1H3,(H,16,19). The largest absolute Gasteiger partial charge is 0.493 e. The zero-order valence-corrected chi connectivity index (χ0v) is 13.8. The molecule has 8 heteroatoms. The molecule has 1 N–H and O–H groups in total. The smallest absolute Gasteiger partial charge is 0.343 e. The maximum Gasteiger partial charge on any atom is 0.343 e. The van der Waals surface area contributed by atoms with Gasteiger partial charge in [-0.05, 0) is 24.6 Å². The lowest BCUT2D eigenvalue weighted by Gasteiger charge is -2.07. The average molecular weight is 344 g/mol. The molecular formula is C14H18ClN3O3S. The second-order valence-electron chi connectivity index (χ2n) is 4.46. The summed E-state index contributed by atoms with van der Waals surface area (Å²) in [6.07, 6.45) is 0.766. The third-order valence-corrected chi connectivity index (χ3v) is 4.01. The van der Waals surface area contributed by atoms with Crippen molar-refractivity contribution in [1.29, 1.82) is 0 Å². The Morgan fingerprint density at radius 3 is 3.05 bits per heavy atom. The molecule has 0 aliphatic rings. The van der Waals surface area contributed by atoms with Crippen molar-refractivity contribution in [2.45, 2.75) is 18.1 Å². The van der Waals surface area contributed by atoms with E-state index in [-0.39, 0.29) is 5.69 Å². The van der Waals surface area contributed by atoms with Gasteiger partial charge in [-0.15, -0.1) is 5.10 Å². The highest BCUT2D eigenvalue weighted by Gasteiger charge is 2.08. The summed E-state index contributed by atoms with van der Waals surface area (Å²) >= 11 is 7.36. The maximum atomic E-state index is 11.7. The van der Waals surface area contributed by atoms with E-state index in [1.165, 1.54) is 11.8 Å². The molecule has 0 bridgehead atoms. The van der Waals surface area contributed by atoms with Gasteiger partial charge in [0.1, 0.15) is 5.75 Å². The van der Waals surface area contributed by atoms with Crippen molar-refractivity contribution in [2.75, 3.05) is 26.1 Å². The summed E-state index contributed by atoms with van der Waals surface area (Å²) in [4.78, 5) is 11.7. The maximum absolute atomic E-state index is 11.7. The highest BCUT2D eigenvalue weighted by Crippen LogP contribution is 2.18. The van der Waals surface area contributed by atoms with Crippen LogP contribution in [-0.4, -0.2) is 40.8 Å². The van der Waals surface area contributed by atoms with Crippen molar-refractivity contribution in [1.82, 2.24) is 14.8 Å². The summed E-state index contributed by atoms with van der Waals surface area (Å²) in [6, 6.07) is 7.25. The Kier molecular flexibility index (Phi) is 6.82. The molecule has 1 heterocycles. The van der Waals surface area contributed by atoms with E-state index < -0.39 is 0 Å². The molecule has 2 aromatic rings. The molecule has 0 atom stereocenters. The van der Waals surface area contributed by atoms with E-state index in [1.54, 1.807) is 23.8 Å². The van der Waals surface area contributed by atoms with Crippen LogP contribution in [-0.2, 0) is 11.3 Å². The van der Waals surface area contributed by atoms with Gasteiger partial charge >= 0.3 is 5.69 Å². The molecule has 6 nitrogen and oxygen atoms in total. The quantitative estimate of drug-likeness (QED) is 0.559. The van der Waals surface area contributed by atoms with E-state index in [0.717, 1.165) is 12.2 Å². The summed E-state index contributed by atoms with van der Waals surface area (Å²) < 4.78 is 12.2. The van der Waals surface area contributed by atoms with Crippen LogP contribution in [0.15, 0.2) is 34.2 Å². The Morgan fingerprint density at radius 2 is 2.27 bits per heavy atom. The lowest BCUT2D eigenvalue weighted by atomic mass is 10.3. The van der Waals surface area contributed by atoms with Crippen LogP contribution in [0.4, 0.5) is 0 Å². The molecule has 2 rings (SSSR count). The van der Waals surface area contributed by atoms with Gasteiger partial charge in [-0.1, -0.05) is 29.4 Å². The van der Waals surface area contributed by atoms with Crippen molar-refractivity contribution in [3.8, 4) is 5.75 Å². The Hall–Kier alpha value is -1.44. The Bertz CT molecular complexity index is 644. The zero-order valence-electron chi connectivity index (χ0n) is 12.3. The number of benzene rings is 1.